The summed E-state index contributed by atoms with van der Waals surface area (Å²) < 4.78 is 0. The summed E-state index contributed by atoms with van der Waals surface area (Å²) in [6.07, 6.45) is 2.81. The molecule has 0 bridgehead atoms. The van der Waals surface area contributed by atoms with Crippen molar-refractivity contribution in [1.82, 2.24) is 0 Å². The Bertz CT molecular complexity index is 338. The van der Waals surface area contributed by atoms with Crippen LogP contribution in [0.2, 0.25) is 0 Å². The smallest absolute Gasteiger partial charge is 0.179 e. The zero-order valence-electron chi connectivity index (χ0n) is 7.90. The fraction of sp³-hybridized carbons (Fsp3) is 0.364. The molecule has 1 aliphatic rings. The molecule has 1 aliphatic carbocycles. The maximum atomic E-state index is 11.7. The highest BCUT2D eigenvalue weighted by Crippen LogP contribution is 2.19. The molecule has 2 nitrogen and oxygen atoms in total. The molecule has 1 atom stereocenters. The number of carbonyl (C=O) groups excluding carboxylic acids is 1. The van der Waals surface area contributed by atoms with Gasteiger partial charge in [-0.1, -0.05) is 24.3 Å². The van der Waals surface area contributed by atoms with E-state index in [-0.39, 0.29) is 24.2 Å². The van der Waals surface area contributed by atoms with E-state index in [1.807, 2.05) is 24.3 Å². The van der Waals surface area contributed by atoms with Crippen molar-refractivity contribution < 1.29 is 4.79 Å². The molecule has 76 valence electrons. The van der Waals surface area contributed by atoms with E-state index in [0.29, 0.717) is 0 Å². The molecule has 0 heterocycles. The largest absolute Gasteiger partial charge is 0.321 e. The lowest BCUT2D eigenvalue weighted by Crippen LogP contribution is -2.29. The van der Waals surface area contributed by atoms with Gasteiger partial charge >= 0.3 is 0 Å². The second-order valence-electron chi connectivity index (χ2n) is 3.52. The first-order chi connectivity index (χ1) is 6.29. The van der Waals surface area contributed by atoms with Crippen molar-refractivity contribution >= 4 is 18.2 Å². The molecular weight excluding hydrogens is 198 g/mol. The Morgan fingerprint density at radius 1 is 1.29 bits per heavy atom. The van der Waals surface area contributed by atoms with Gasteiger partial charge in [0.2, 0.25) is 0 Å². The zero-order valence-corrected chi connectivity index (χ0v) is 8.72. The van der Waals surface area contributed by atoms with Gasteiger partial charge in [0.1, 0.15) is 0 Å². The quantitative estimate of drug-likeness (QED) is 0.667. The molecule has 3 heteroatoms. The zero-order chi connectivity index (χ0) is 9.26. The van der Waals surface area contributed by atoms with Crippen molar-refractivity contribution in [2.24, 2.45) is 5.73 Å². The molecule has 0 saturated heterocycles. The van der Waals surface area contributed by atoms with Crippen LogP contribution in [0.15, 0.2) is 24.3 Å². The van der Waals surface area contributed by atoms with E-state index >= 15 is 0 Å². The molecule has 0 radical (unpaired) electrons. The number of ketones is 1. The summed E-state index contributed by atoms with van der Waals surface area (Å²) in [4.78, 5) is 11.7. The highest BCUT2D eigenvalue weighted by molar-refractivity contribution is 6.01. The molecule has 1 aromatic rings. The number of nitrogens with two attached hydrogens (primary N) is 1. The van der Waals surface area contributed by atoms with Crippen molar-refractivity contribution in [2.45, 2.75) is 25.3 Å². The molecule has 2 rings (SSSR count). The first-order valence-electron chi connectivity index (χ1n) is 4.67. The van der Waals surface area contributed by atoms with Gasteiger partial charge in [-0.15, -0.1) is 12.4 Å². The molecule has 0 spiro atoms. The van der Waals surface area contributed by atoms with Crippen molar-refractivity contribution in [2.75, 3.05) is 0 Å². The van der Waals surface area contributed by atoms with Gasteiger partial charge in [-0.25, -0.2) is 0 Å². The Morgan fingerprint density at radius 2 is 2.00 bits per heavy atom. The average Bonchev–Trinajstić information content (AvgIpc) is 2.29. The minimum absolute atomic E-state index is 0. The fourth-order valence-electron chi connectivity index (χ4n) is 1.82. The Labute approximate surface area is 89.9 Å². The van der Waals surface area contributed by atoms with Crippen LogP contribution in [0, 0.1) is 0 Å². The molecular formula is C11H14ClNO. The topological polar surface area (TPSA) is 43.1 Å². The van der Waals surface area contributed by atoms with Crippen molar-refractivity contribution in [3.63, 3.8) is 0 Å². The molecule has 0 aliphatic heterocycles. The molecule has 0 saturated carbocycles. The number of hydrogen-bond acceptors (Lipinski definition) is 2. The summed E-state index contributed by atoms with van der Waals surface area (Å²) in [6.45, 7) is 0. The van der Waals surface area contributed by atoms with E-state index in [4.69, 9.17) is 5.73 Å². The van der Waals surface area contributed by atoms with Crippen LogP contribution in [0.4, 0.5) is 0 Å². The number of benzene rings is 1. The molecule has 0 aromatic heterocycles. The highest BCUT2D eigenvalue weighted by atomic mass is 35.5. The third-order valence-corrected chi connectivity index (χ3v) is 2.58. The van der Waals surface area contributed by atoms with Crippen LogP contribution in [0.5, 0.6) is 0 Å². The molecule has 0 fully saturated rings. The van der Waals surface area contributed by atoms with Crippen LogP contribution in [0.1, 0.15) is 28.8 Å². The van der Waals surface area contributed by atoms with Crippen molar-refractivity contribution in [3.05, 3.63) is 35.4 Å². The van der Waals surface area contributed by atoms with Crippen molar-refractivity contribution in [1.29, 1.82) is 0 Å². The second kappa shape index (κ2) is 4.58. The Kier molecular flexibility index (Phi) is 3.67. The number of carbonyl (C=O) groups is 1. The van der Waals surface area contributed by atoms with E-state index in [1.165, 1.54) is 0 Å². The van der Waals surface area contributed by atoms with Crippen LogP contribution >= 0.6 is 12.4 Å². The molecule has 14 heavy (non-hydrogen) atoms. The summed E-state index contributed by atoms with van der Waals surface area (Å²) in [7, 11) is 0. The number of halogens is 1. The fourth-order valence-corrected chi connectivity index (χ4v) is 1.82. The first kappa shape index (κ1) is 11.2. The van der Waals surface area contributed by atoms with Crippen molar-refractivity contribution in [3.8, 4) is 0 Å². The summed E-state index contributed by atoms with van der Waals surface area (Å²) in [6, 6.07) is 7.48. The summed E-state index contributed by atoms with van der Waals surface area (Å²) in [5, 5.41) is 0. The second-order valence-corrected chi connectivity index (χ2v) is 3.52. The van der Waals surface area contributed by atoms with Crippen LogP contribution in [0.25, 0.3) is 0 Å². The SMILES string of the molecule is Cl.NC1CCCc2ccccc2C1=O. The summed E-state index contributed by atoms with van der Waals surface area (Å²) >= 11 is 0. The van der Waals surface area contributed by atoms with Gasteiger partial charge in [0, 0.05) is 5.56 Å². The van der Waals surface area contributed by atoms with Gasteiger partial charge in [-0.2, -0.15) is 0 Å². The minimum Gasteiger partial charge on any atom is -0.321 e. The number of fused-ring (bicyclic) bond motifs is 1. The predicted octanol–water partition coefficient (Wildman–Crippen LogP) is 1.95. The van der Waals surface area contributed by atoms with E-state index in [0.717, 1.165) is 30.4 Å². The van der Waals surface area contributed by atoms with Gasteiger partial charge < -0.3 is 5.73 Å². The Morgan fingerprint density at radius 3 is 2.79 bits per heavy atom. The third-order valence-electron chi connectivity index (χ3n) is 2.58. The molecule has 0 amide bonds. The Balaban J connectivity index is 0.000000980. The average molecular weight is 212 g/mol. The monoisotopic (exact) mass is 211 g/mol. The summed E-state index contributed by atoms with van der Waals surface area (Å²) in [5.74, 6) is 0.105. The Hall–Kier alpha value is -0.860. The highest BCUT2D eigenvalue weighted by Gasteiger charge is 2.21. The standard InChI is InChI=1S/C11H13NO.ClH/c12-10-7-3-5-8-4-1-2-6-9(8)11(10)13;/h1-2,4,6,10H,3,5,7,12H2;1H. The van der Waals surface area contributed by atoms with Crippen LogP contribution in [-0.4, -0.2) is 11.8 Å². The number of hydrogen-bond donors (Lipinski definition) is 1. The van der Waals surface area contributed by atoms with Gasteiger partial charge in [-0.05, 0) is 24.8 Å². The minimum atomic E-state index is -0.288. The van der Waals surface area contributed by atoms with Gasteiger partial charge in [0.25, 0.3) is 0 Å². The molecule has 1 aromatic carbocycles. The summed E-state index contributed by atoms with van der Waals surface area (Å²) in [5.41, 5.74) is 7.72. The predicted molar refractivity (Wildman–Crippen MR) is 58.9 cm³/mol. The van der Waals surface area contributed by atoms with Gasteiger partial charge in [-0.3, -0.25) is 4.79 Å². The van der Waals surface area contributed by atoms with E-state index in [1.54, 1.807) is 0 Å². The normalized spacial score (nSPS) is 20.6. The maximum absolute atomic E-state index is 11.7. The van der Waals surface area contributed by atoms with Gasteiger partial charge in [0.05, 0.1) is 6.04 Å². The third kappa shape index (κ3) is 1.97. The van der Waals surface area contributed by atoms with Gasteiger partial charge in [0.15, 0.2) is 5.78 Å². The first-order valence-corrected chi connectivity index (χ1v) is 4.67. The van der Waals surface area contributed by atoms with Crippen LogP contribution in [-0.2, 0) is 6.42 Å². The molecule has 1 unspecified atom stereocenters. The number of Topliss-reactive ketones (excluding diaryl/α,β-unsaturated/α-hetero) is 1. The molecule has 2 N–H and O–H groups in total. The lowest BCUT2D eigenvalue weighted by atomic mass is 10.0. The van der Waals surface area contributed by atoms with E-state index < -0.39 is 0 Å². The maximum Gasteiger partial charge on any atom is 0.179 e. The van der Waals surface area contributed by atoms with Crippen LogP contribution in [0.3, 0.4) is 0 Å². The number of aryl methyl sites for hydroxylation is 1. The van der Waals surface area contributed by atoms with Crippen LogP contribution < -0.4 is 5.73 Å². The van der Waals surface area contributed by atoms with E-state index in [9.17, 15) is 4.79 Å². The number of rotatable bonds is 0. The lowest BCUT2D eigenvalue weighted by Gasteiger charge is -2.06. The lowest BCUT2D eigenvalue weighted by molar-refractivity contribution is 0.0959. The van der Waals surface area contributed by atoms with E-state index in [2.05, 4.69) is 0 Å².